The van der Waals surface area contributed by atoms with Crippen LogP contribution in [0.5, 0.6) is 0 Å². The molecule has 23 heavy (non-hydrogen) atoms. The molecule has 5 heteroatoms. The molecule has 0 aromatic heterocycles. The van der Waals surface area contributed by atoms with E-state index in [0.29, 0.717) is 5.92 Å². The second-order valence-electron chi connectivity index (χ2n) is 6.76. The van der Waals surface area contributed by atoms with E-state index in [1.165, 1.54) is 6.42 Å². The third-order valence-electron chi connectivity index (χ3n) is 4.61. The van der Waals surface area contributed by atoms with E-state index in [2.05, 4.69) is 12.2 Å². The van der Waals surface area contributed by atoms with Gasteiger partial charge < -0.3 is 5.32 Å². The Morgan fingerprint density at radius 1 is 1.17 bits per heavy atom. The molecule has 128 valence electrons. The minimum atomic E-state index is -3.26. The molecule has 0 radical (unpaired) electrons. The second-order valence-corrected chi connectivity index (χ2v) is 8.95. The predicted octanol–water partition coefficient (Wildman–Crippen LogP) is 2.99. The van der Waals surface area contributed by atoms with Gasteiger partial charge in [-0.3, -0.25) is 4.79 Å². The van der Waals surface area contributed by atoms with Crippen molar-refractivity contribution in [1.29, 1.82) is 0 Å². The van der Waals surface area contributed by atoms with Crippen molar-refractivity contribution >= 4 is 15.7 Å². The lowest BCUT2D eigenvalue weighted by atomic mass is 9.86. The number of carbonyl (C=O) groups is 1. The zero-order valence-electron chi connectivity index (χ0n) is 14.0. The van der Waals surface area contributed by atoms with Gasteiger partial charge in [-0.05, 0) is 31.2 Å². The number of hydrogen-bond donors (Lipinski definition) is 1. The lowest BCUT2D eigenvalue weighted by molar-refractivity contribution is -0.122. The van der Waals surface area contributed by atoms with Crippen molar-refractivity contribution < 1.29 is 13.2 Å². The summed E-state index contributed by atoms with van der Waals surface area (Å²) in [5, 5.41) is 3.01. The van der Waals surface area contributed by atoms with Crippen LogP contribution in [0.15, 0.2) is 24.3 Å². The fourth-order valence-electron chi connectivity index (χ4n) is 3.07. The van der Waals surface area contributed by atoms with Crippen LogP contribution in [-0.4, -0.2) is 26.1 Å². The van der Waals surface area contributed by atoms with E-state index in [0.717, 1.165) is 30.4 Å². The lowest BCUT2D eigenvalue weighted by Gasteiger charge is -2.29. The molecule has 1 aliphatic rings. The van der Waals surface area contributed by atoms with E-state index in [-0.39, 0.29) is 29.9 Å². The van der Waals surface area contributed by atoms with Crippen LogP contribution in [-0.2, 0) is 20.4 Å². The third kappa shape index (κ3) is 5.98. The van der Waals surface area contributed by atoms with E-state index in [9.17, 15) is 13.2 Å². The highest BCUT2D eigenvalue weighted by Crippen LogP contribution is 2.23. The number of hydrogen-bond acceptors (Lipinski definition) is 3. The molecule has 1 fully saturated rings. The van der Waals surface area contributed by atoms with Gasteiger partial charge in [-0.1, -0.05) is 49.6 Å². The van der Waals surface area contributed by atoms with Crippen molar-refractivity contribution in [2.24, 2.45) is 5.92 Å². The maximum absolute atomic E-state index is 12.2. The molecule has 0 spiro atoms. The van der Waals surface area contributed by atoms with Gasteiger partial charge in [0.25, 0.3) is 0 Å². The first-order chi connectivity index (χ1) is 10.9. The Kier molecular flexibility index (Phi) is 6.22. The summed E-state index contributed by atoms with van der Waals surface area (Å²) in [7, 11) is -3.26. The highest BCUT2D eigenvalue weighted by atomic mass is 32.2. The maximum atomic E-state index is 12.2. The first kappa shape index (κ1) is 18.0. The van der Waals surface area contributed by atoms with Crippen LogP contribution in [0.3, 0.4) is 0 Å². The van der Waals surface area contributed by atoms with Crippen LogP contribution in [0.4, 0.5) is 0 Å². The summed E-state index contributed by atoms with van der Waals surface area (Å²) in [6.07, 6.45) is 4.55. The molecule has 1 aliphatic carbocycles. The standard InChI is InChI=1S/C18H27NO3S/c1-14-7-9-16(10-8-14)13-23(21,22)12-11-18(20)19-17-6-4-3-5-15(17)2/h7-10,15,17H,3-6,11-13H2,1-2H3,(H,19,20). The number of carbonyl (C=O) groups excluding carboxylic acids is 1. The Morgan fingerprint density at radius 2 is 1.83 bits per heavy atom. The van der Waals surface area contributed by atoms with Gasteiger partial charge in [-0.15, -0.1) is 0 Å². The monoisotopic (exact) mass is 337 g/mol. The fraction of sp³-hybridized carbons (Fsp3) is 0.611. The zero-order chi connectivity index (χ0) is 16.9. The Hall–Kier alpha value is -1.36. The second kappa shape index (κ2) is 7.95. The van der Waals surface area contributed by atoms with Crippen molar-refractivity contribution in [3.63, 3.8) is 0 Å². The van der Waals surface area contributed by atoms with E-state index < -0.39 is 9.84 Å². The molecule has 2 unspecified atom stereocenters. The number of rotatable bonds is 6. The van der Waals surface area contributed by atoms with Crippen molar-refractivity contribution in [3.8, 4) is 0 Å². The Morgan fingerprint density at radius 3 is 2.48 bits per heavy atom. The van der Waals surface area contributed by atoms with Gasteiger partial charge in [-0.2, -0.15) is 0 Å². The summed E-state index contributed by atoms with van der Waals surface area (Å²) < 4.78 is 24.3. The summed E-state index contributed by atoms with van der Waals surface area (Å²) in [6.45, 7) is 4.12. The largest absolute Gasteiger partial charge is 0.353 e. The molecule has 0 saturated heterocycles. The van der Waals surface area contributed by atoms with Crippen LogP contribution in [0, 0.1) is 12.8 Å². The van der Waals surface area contributed by atoms with Gasteiger partial charge in [0.1, 0.15) is 0 Å². The number of benzene rings is 1. The number of aryl methyl sites for hydroxylation is 1. The topological polar surface area (TPSA) is 63.2 Å². The molecular weight excluding hydrogens is 310 g/mol. The molecule has 0 heterocycles. The summed E-state index contributed by atoms with van der Waals surface area (Å²) >= 11 is 0. The number of amides is 1. The number of nitrogens with one attached hydrogen (secondary N) is 1. The Labute approximate surface area is 139 Å². The average molecular weight is 337 g/mol. The molecule has 2 rings (SSSR count). The molecule has 1 amide bonds. The normalized spacial score (nSPS) is 21.8. The van der Waals surface area contributed by atoms with Crippen molar-refractivity contribution in [2.75, 3.05) is 5.75 Å². The van der Waals surface area contributed by atoms with E-state index in [1.54, 1.807) is 0 Å². The highest BCUT2D eigenvalue weighted by Gasteiger charge is 2.23. The smallest absolute Gasteiger partial charge is 0.221 e. The maximum Gasteiger partial charge on any atom is 0.221 e. The molecule has 1 saturated carbocycles. The van der Waals surface area contributed by atoms with Gasteiger partial charge in [0.15, 0.2) is 9.84 Å². The van der Waals surface area contributed by atoms with Crippen molar-refractivity contribution in [3.05, 3.63) is 35.4 Å². The molecule has 1 aromatic rings. The van der Waals surface area contributed by atoms with Crippen LogP contribution in [0.1, 0.15) is 50.2 Å². The Balaban J connectivity index is 1.81. The highest BCUT2D eigenvalue weighted by molar-refractivity contribution is 7.90. The molecule has 1 N–H and O–H groups in total. The van der Waals surface area contributed by atoms with Crippen molar-refractivity contribution in [2.45, 2.75) is 57.7 Å². The first-order valence-corrected chi connectivity index (χ1v) is 10.2. The van der Waals surface area contributed by atoms with Gasteiger partial charge in [0, 0.05) is 12.5 Å². The van der Waals surface area contributed by atoms with Crippen LogP contribution < -0.4 is 5.32 Å². The summed E-state index contributed by atoms with van der Waals surface area (Å²) in [4.78, 5) is 12.0. The van der Waals surface area contributed by atoms with E-state index >= 15 is 0 Å². The Bertz CT molecular complexity index is 622. The van der Waals surface area contributed by atoms with Crippen molar-refractivity contribution in [1.82, 2.24) is 5.32 Å². The molecule has 0 bridgehead atoms. The summed E-state index contributed by atoms with van der Waals surface area (Å²) in [5.74, 6) is 0.252. The molecule has 1 aromatic carbocycles. The average Bonchev–Trinajstić information content (AvgIpc) is 2.50. The van der Waals surface area contributed by atoms with Gasteiger partial charge in [0.05, 0.1) is 11.5 Å². The quantitative estimate of drug-likeness (QED) is 0.868. The third-order valence-corrected chi connectivity index (χ3v) is 6.20. The SMILES string of the molecule is Cc1ccc(CS(=O)(=O)CCC(=O)NC2CCCCC2C)cc1. The molecule has 4 nitrogen and oxygen atoms in total. The zero-order valence-corrected chi connectivity index (χ0v) is 14.9. The minimum absolute atomic E-state index is 0.000388. The van der Waals surface area contributed by atoms with Crippen LogP contribution in [0.25, 0.3) is 0 Å². The predicted molar refractivity (Wildman–Crippen MR) is 92.8 cm³/mol. The van der Waals surface area contributed by atoms with E-state index in [4.69, 9.17) is 0 Å². The molecular formula is C18H27NO3S. The van der Waals surface area contributed by atoms with Crippen LogP contribution >= 0.6 is 0 Å². The lowest BCUT2D eigenvalue weighted by Crippen LogP contribution is -2.41. The first-order valence-electron chi connectivity index (χ1n) is 8.41. The molecule has 2 atom stereocenters. The van der Waals surface area contributed by atoms with Gasteiger partial charge in [0.2, 0.25) is 5.91 Å². The van der Waals surface area contributed by atoms with Gasteiger partial charge >= 0.3 is 0 Å². The minimum Gasteiger partial charge on any atom is -0.353 e. The summed E-state index contributed by atoms with van der Waals surface area (Å²) in [6, 6.07) is 7.67. The number of sulfone groups is 1. The van der Waals surface area contributed by atoms with Gasteiger partial charge in [-0.25, -0.2) is 8.42 Å². The van der Waals surface area contributed by atoms with Crippen LogP contribution in [0.2, 0.25) is 0 Å². The summed E-state index contributed by atoms with van der Waals surface area (Å²) in [5.41, 5.74) is 1.88. The molecule has 0 aliphatic heterocycles. The van der Waals surface area contributed by atoms with E-state index in [1.807, 2.05) is 31.2 Å². The fourth-order valence-corrected chi connectivity index (χ4v) is 4.41.